The number of ether oxygens (including phenoxy) is 1. The van der Waals surface area contributed by atoms with Crippen LogP contribution in [0.3, 0.4) is 0 Å². The lowest BCUT2D eigenvalue weighted by Gasteiger charge is -2.43. The molecule has 1 saturated heterocycles. The number of halogens is 3. The molecule has 0 aromatic heterocycles. The molecule has 186 valence electrons. The molecule has 0 aliphatic carbocycles. The van der Waals surface area contributed by atoms with Gasteiger partial charge in [-0.1, -0.05) is 12.1 Å². The number of carbonyl (C=O) groups is 2. The standard InChI is InChI=1S/C26H28F3N3O3/c1-3-31(4-2)23(33)18-7-5-17(6-8-18)21-16-25(35-22-10-9-19(30)15-20(21)22)11-13-32(14-12-25)24(34)26(27,28)29/h5-10,15-16H,3-4,11-14,30H2,1-2H3. The average molecular weight is 488 g/mol. The van der Waals surface area contributed by atoms with Crippen molar-refractivity contribution in [3.05, 3.63) is 65.2 Å². The van der Waals surface area contributed by atoms with Crippen molar-refractivity contribution in [3.63, 3.8) is 0 Å². The quantitative estimate of drug-likeness (QED) is 0.645. The summed E-state index contributed by atoms with van der Waals surface area (Å²) in [7, 11) is 0. The maximum Gasteiger partial charge on any atom is 0.471 e. The van der Waals surface area contributed by atoms with Crippen molar-refractivity contribution in [2.45, 2.75) is 38.5 Å². The molecule has 9 heteroatoms. The molecule has 1 spiro atoms. The molecule has 2 aliphatic heterocycles. The van der Waals surface area contributed by atoms with Gasteiger partial charge in [-0.2, -0.15) is 13.2 Å². The van der Waals surface area contributed by atoms with E-state index in [1.165, 1.54) is 0 Å². The molecule has 2 N–H and O–H groups in total. The molecule has 0 saturated carbocycles. The summed E-state index contributed by atoms with van der Waals surface area (Å²) in [5.41, 5.74) is 8.74. The second kappa shape index (κ2) is 9.28. The first-order chi connectivity index (χ1) is 16.6. The number of carbonyl (C=O) groups excluding carboxylic acids is 2. The number of benzene rings is 2. The second-order valence-corrected chi connectivity index (χ2v) is 8.83. The summed E-state index contributed by atoms with van der Waals surface area (Å²) >= 11 is 0. The average Bonchev–Trinajstić information content (AvgIpc) is 2.84. The minimum atomic E-state index is -4.90. The topological polar surface area (TPSA) is 75.9 Å². The Morgan fingerprint density at radius 3 is 2.26 bits per heavy atom. The van der Waals surface area contributed by atoms with Gasteiger partial charge in [-0.3, -0.25) is 9.59 Å². The highest BCUT2D eigenvalue weighted by molar-refractivity contribution is 5.95. The SMILES string of the molecule is CCN(CC)C(=O)c1ccc(C2=CC3(CCN(C(=O)C(F)(F)F)CC3)Oc3ccc(N)cc32)cc1. The van der Waals surface area contributed by atoms with Crippen LogP contribution < -0.4 is 10.5 Å². The second-order valence-electron chi connectivity index (χ2n) is 8.83. The van der Waals surface area contributed by atoms with Crippen molar-refractivity contribution in [1.29, 1.82) is 0 Å². The Morgan fingerprint density at radius 1 is 1.06 bits per heavy atom. The molecule has 0 bridgehead atoms. The molecule has 4 rings (SSSR count). The van der Waals surface area contributed by atoms with Gasteiger partial charge in [0, 0.05) is 55.8 Å². The lowest BCUT2D eigenvalue weighted by molar-refractivity contribution is -0.187. The van der Waals surface area contributed by atoms with Crippen LogP contribution in [0.2, 0.25) is 0 Å². The number of nitrogens with zero attached hydrogens (tertiary/aromatic N) is 2. The van der Waals surface area contributed by atoms with Crippen LogP contribution in [-0.4, -0.2) is 59.6 Å². The first kappa shape index (κ1) is 24.6. The summed E-state index contributed by atoms with van der Waals surface area (Å²) in [6.45, 7) is 4.95. The van der Waals surface area contributed by atoms with Crippen LogP contribution in [0.1, 0.15) is 48.2 Å². The number of rotatable bonds is 4. The summed E-state index contributed by atoms with van der Waals surface area (Å²) in [6.07, 6.45) is -2.53. The van der Waals surface area contributed by atoms with E-state index in [2.05, 4.69) is 0 Å². The third-order valence-electron chi connectivity index (χ3n) is 6.65. The Hall–Kier alpha value is -3.49. The highest BCUT2D eigenvalue weighted by atomic mass is 19.4. The van der Waals surface area contributed by atoms with Gasteiger partial charge in [0.15, 0.2) is 0 Å². The van der Waals surface area contributed by atoms with Crippen LogP contribution in [0, 0.1) is 0 Å². The molecular weight excluding hydrogens is 459 g/mol. The number of likely N-dealkylation sites (tertiary alicyclic amines) is 1. The van der Waals surface area contributed by atoms with Crippen molar-refractivity contribution in [1.82, 2.24) is 9.80 Å². The monoisotopic (exact) mass is 487 g/mol. The van der Waals surface area contributed by atoms with Crippen molar-refractivity contribution in [2.24, 2.45) is 0 Å². The Balaban J connectivity index is 1.66. The minimum Gasteiger partial charge on any atom is -0.482 e. The van der Waals surface area contributed by atoms with Crippen LogP contribution in [0.5, 0.6) is 5.75 Å². The Kier molecular flexibility index (Phi) is 6.53. The van der Waals surface area contributed by atoms with E-state index in [9.17, 15) is 22.8 Å². The molecule has 2 aromatic rings. The van der Waals surface area contributed by atoms with Crippen molar-refractivity contribution < 1.29 is 27.5 Å². The third kappa shape index (κ3) is 4.85. The molecule has 6 nitrogen and oxygen atoms in total. The van der Waals surface area contributed by atoms with Crippen LogP contribution in [0.15, 0.2) is 48.5 Å². The molecule has 35 heavy (non-hydrogen) atoms. The zero-order chi connectivity index (χ0) is 25.4. The Morgan fingerprint density at radius 2 is 1.69 bits per heavy atom. The fraction of sp³-hybridized carbons (Fsp3) is 0.385. The number of amides is 2. The van der Waals surface area contributed by atoms with Gasteiger partial charge >= 0.3 is 12.1 Å². The Bertz CT molecular complexity index is 1150. The van der Waals surface area contributed by atoms with E-state index in [1.807, 2.05) is 32.1 Å². The molecule has 2 heterocycles. The number of alkyl halides is 3. The summed E-state index contributed by atoms with van der Waals surface area (Å²) in [4.78, 5) is 27.0. The van der Waals surface area contributed by atoms with Gasteiger partial charge in [0.25, 0.3) is 5.91 Å². The molecule has 2 amide bonds. The fourth-order valence-corrected chi connectivity index (χ4v) is 4.67. The third-order valence-corrected chi connectivity index (χ3v) is 6.65. The zero-order valence-corrected chi connectivity index (χ0v) is 19.7. The molecular formula is C26H28F3N3O3. The van der Waals surface area contributed by atoms with E-state index in [-0.39, 0.29) is 31.8 Å². The number of anilines is 1. The number of hydrogen-bond donors (Lipinski definition) is 1. The lowest BCUT2D eigenvalue weighted by atomic mass is 9.82. The summed E-state index contributed by atoms with van der Waals surface area (Å²) in [6, 6.07) is 12.5. The summed E-state index contributed by atoms with van der Waals surface area (Å²) in [5.74, 6) is -1.30. The van der Waals surface area contributed by atoms with Gasteiger partial charge in [-0.25, -0.2) is 0 Å². The van der Waals surface area contributed by atoms with Gasteiger partial charge in [0.05, 0.1) is 0 Å². The van der Waals surface area contributed by atoms with Crippen LogP contribution in [0.4, 0.5) is 18.9 Å². The predicted octanol–water partition coefficient (Wildman–Crippen LogP) is 4.50. The van der Waals surface area contributed by atoms with E-state index in [0.717, 1.165) is 21.6 Å². The predicted molar refractivity (Wildman–Crippen MR) is 127 cm³/mol. The fourth-order valence-electron chi connectivity index (χ4n) is 4.67. The van der Waals surface area contributed by atoms with E-state index in [1.54, 1.807) is 35.2 Å². The number of nitrogen functional groups attached to an aromatic ring is 1. The van der Waals surface area contributed by atoms with E-state index >= 15 is 0 Å². The van der Waals surface area contributed by atoms with Crippen LogP contribution in [0.25, 0.3) is 5.57 Å². The molecule has 2 aromatic carbocycles. The summed E-state index contributed by atoms with van der Waals surface area (Å²) < 4.78 is 45.0. The first-order valence-electron chi connectivity index (χ1n) is 11.6. The van der Waals surface area contributed by atoms with Crippen molar-refractivity contribution >= 4 is 23.1 Å². The highest BCUT2D eigenvalue weighted by Crippen LogP contribution is 2.44. The highest BCUT2D eigenvalue weighted by Gasteiger charge is 2.46. The number of fused-ring (bicyclic) bond motifs is 1. The maximum absolute atomic E-state index is 12.9. The molecule has 2 aliphatic rings. The van der Waals surface area contributed by atoms with Crippen molar-refractivity contribution in [2.75, 3.05) is 31.9 Å². The van der Waals surface area contributed by atoms with E-state index in [4.69, 9.17) is 10.5 Å². The minimum absolute atomic E-state index is 0.0506. The largest absolute Gasteiger partial charge is 0.482 e. The Labute approximate surface area is 202 Å². The van der Waals surface area contributed by atoms with Crippen LogP contribution in [-0.2, 0) is 4.79 Å². The van der Waals surface area contributed by atoms with Crippen LogP contribution >= 0.6 is 0 Å². The molecule has 0 radical (unpaired) electrons. The first-order valence-corrected chi connectivity index (χ1v) is 11.6. The van der Waals surface area contributed by atoms with Gasteiger partial charge in [-0.15, -0.1) is 0 Å². The van der Waals surface area contributed by atoms with E-state index < -0.39 is 17.7 Å². The molecule has 1 fully saturated rings. The number of piperidine rings is 1. The zero-order valence-electron chi connectivity index (χ0n) is 19.7. The lowest BCUT2D eigenvalue weighted by Crippen LogP contribution is -2.52. The normalized spacial score (nSPS) is 16.8. The van der Waals surface area contributed by atoms with Gasteiger partial charge < -0.3 is 20.3 Å². The van der Waals surface area contributed by atoms with E-state index in [0.29, 0.717) is 30.1 Å². The van der Waals surface area contributed by atoms with Gasteiger partial charge in [-0.05, 0) is 61.4 Å². The molecule has 0 unspecified atom stereocenters. The maximum atomic E-state index is 12.9. The van der Waals surface area contributed by atoms with Gasteiger partial charge in [0.1, 0.15) is 11.4 Å². The van der Waals surface area contributed by atoms with Gasteiger partial charge in [0.2, 0.25) is 0 Å². The number of nitrogens with two attached hydrogens (primary N) is 1. The number of hydrogen-bond acceptors (Lipinski definition) is 4. The summed E-state index contributed by atoms with van der Waals surface area (Å²) in [5, 5.41) is 0. The van der Waals surface area contributed by atoms with Crippen molar-refractivity contribution in [3.8, 4) is 5.75 Å². The molecule has 0 atom stereocenters. The smallest absolute Gasteiger partial charge is 0.471 e.